The van der Waals surface area contributed by atoms with E-state index in [0.29, 0.717) is 18.7 Å². The fraction of sp³-hybridized carbons (Fsp3) is 0.643. The van der Waals surface area contributed by atoms with Gasteiger partial charge in [0.2, 0.25) is 0 Å². The third kappa shape index (κ3) is 5.09. The summed E-state index contributed by atoms with van der Waals surface area (Å²) < 4.78 is 1.67. The SMILES string of the molecule is CCc1nn(C)cc1NC(=O)N(CCCC(=O)O)C(C)C. The Bertz CT molecular complexity index is 496. The van der Waals surface area contributed by atoms with Crippen molar-refractivity contribution in [2.24, 2.45) is 7.05 Å². The van der Waals surface area contributed by atoms with Crippen LogP contribution in [0.25, 0.3) is 0 Å². The van der Waals surface area contributed by atoms with Gasteiger partial charge in [-0.05, 0) is 26.7 Å². The lowest BCUT2D eigenvalue weighted by molar-refractivity contribution is -0.137. The molecular formula is C14H24N4O3. The molecule has 0 aliphatic heterocycles. The Morgan fingerprint density at radius 3 is 2.67 bits per heavy atom. The molecule has 0 saturated carbocycles. The third-order valence-electron chi connectivity index (χ3n) is 3.16. The number of aryl methyl sites for hydroxylation is 2. The van der Waals surface area contributed by atoms with Crippen LogP contribution in [0, 0.1) is 0 Å². The summed E-state index contributed by atoms with van der Waals surface area (Å²) in [5, 5.41) is 15.8. The molecule has 0 radical (unpaired) electrons. The summed E-state index contributed by atoms with van der Waals surface area (Å²) in [4.78, 5) is 24.5. The number of amides is 2. The highest BCUT2D eigenvalue weighted by atomic mass is 16.4. The molecule has 7 nitrogen and oxygen atoms in total. The number of aromatic nitrogens is 2. The molecule has 0 aromatic carbocycles. The molecule has 0 aliphatic carbocycles. The number of carbonyl (C=O) groups is 2. The van der Waals surface area contributed by atoms with Crippen molar-refractivity contribution < 1.29 is 14.7 Å². The molecule has 1 aromatic rings. The Kier molecular flexibility index (Phi) is 6.20. The second kappa shape index (κ2) is 7.66. The summed E-state index contributed by atoms with van der Waals surface area (Å²) in [7, 11) is 1.81. The minimum Gasteiger partial charge on any atom is -0.481 e. The lowest BCUT2D eigenvalue weighted by Crippen LogP contribution is -2.40. The maximum atomic E-state index is 12.3. The van der Waals surface area contributed by atoms with Gasteiger partial charge in [0.25, 0.3) is 0 Å². The first-order valence-corrected chi connectivity index (χ1v) is 7.17. The van der Waals surface area contributed by atoms with Gasteiger partial charge in [0.1, 0.15) is 0 Å². The summed E-state index contributed by atoms with van der Waals surface area (Å²) in [5.41, 5.74) is 1.54. The summed E-state index contributed by atoms with van der Waals surface area (Å²) in [6.07, 6.45) is 3.00. The molecule has 2 N–H and O–H groups in total. The third-order valence-corrected chi connectivity index (χ3v) is 3.16. The van der Waals surface area contributed by atoms with Gasteiger partial charge in [-0.15, -0.1) is 0 Å². The molecule has 0 unspecified atom stereocenters. The Morgan fingerprint density at radius 1 is 1.48 bits per heavy atom. The van der Waals surface area contributed by atoms with Crippen molar-refractivity contribution in [1.29, 1.82) is 0 Å². The average Bonchev–Trinajstić information content (AvgIpc) is 2.73. The second-order valence-electron chi connectivity index (χ2n) is 5.23. The zero-order valence-corrected chi connectivity index (χ0v) is 13.1. The van der Waals surface area contributed by atoms with Crippen LogP contribution in [0.4, 0.5) is 10.5 Å². The van der Waals surface area contributed by atoms with E-state index in [1.807, 2.05) is 27.8 Å². The number of urea groups is 1. The summed E-state index contributed by atoms with van der Waals surface area (Å²) in [5.74, 6) is -0.848. The Morgan fingerprint density at radius 2 is 2.14 bits per heavy atom. The highest BCUT2D eigenvalue weighted by Crippen LogP contribution is 2.15. The summed E-state index contributed by atoms with van der Waals surface area (Å²) in [6, 6.07) is -0.223. The zero-order valence-electron chi connectivity index (χ0n) is 13.1. The highest BCUT2D eigenvalue weighted by molar-refractivity contribution is 5.90. The van der Waals surface area contributed by atoms with Crippen LogP contribution in [0.15, 0.2) is 6.20 Å². The number of nitrogens with zero attached hydrogens (tertiary/aromatic N) is 3. The van der Waals surface area contributed by atoms with Gasteiger partial charge in [-0.1, -0.05) is 6.92 Å². The predicted molar refractivity (Wildman–Crippen MR) is 80.3 cm³/mol. The van der Waals surface area contributed by atoms with E-state index in [4.69, 9.17) is 5.11 Å². The molecule has 0 bridgehead atoms. The van der Waals surface area contributed by atoms with Crippen LogP contribution in [-0.4, -0.2) is 44.4 Å². The van der Waals surface area contributed by atoms with Crippen LogP contribution in [0.3, 0.4) is 0 Å². The van der Waals surface area contributed by atoms with Gasteiger partial charge >= 0.3 is 12.0 Å². The second-order valence-corrected chi connectivity index (χ2v) is 5.23. The molecule has 0 spiro atoms. The van der Waals surface area contributed by atoms with Crippen molar-refractivity contribution in [1.82, 2.24) is 14.7 Å². The highest BCUT2D eigenvalue weighted by Gasteiger charge is 2.19. The molecule has 1 rings (SSSR count). The van der Waals surface area contributed by atoms with Crippen molar-refractivity contribution >= 4 is 17.7 Å². The number of hydrogen-bond acceptors (Lipinski definition) is 3. The standard InChI is InChI=1S/C14H24N4O3/c1-5-11-12(9-17(4)16-11)15-14(21)18(10(2)3)8-6-7-13(19)20/h9-10H,5-8H2,1-4H3,(H,15,21)(H,19,20). The monoisotopic (exact) mass is 296 g/mol. The van der Waals surface area contributed by atoms with E-state index in [0.717, 1.165) is 12.1 Å². The van der Waals surface area contributed by atoms with E-state index >= 15 is 0 Å². The minimum absolute atomic E-state index is 0.000503. The first-order valence-electron chi connectivity index (χ1n) is 7.17. The van der Waals surface area contributed by atoms with Crippen molar-refractivity contribution in [2.75, 3.05) is 11.9 Å². The van der Waals surface area contributed by atoms with Crippen molar-refractivity contribution in [3.63, 3.8) is 0 Å². The maximum absolute atomic E-state index is 12.3. The van der Waals surface area contributed by atoms with E-state index in [-0.39, 0.29) is 18.5 Å². The van der Waals surface area contributed by atoms with Gasteiger partial charge in [-0.2, -0.15) is 5.10 Å². The molecule has 1 heterocycles. The Balaban J connectivity index is 2.70. The number of nitrogens with one attached hydrogen (secondary N) is 1. The number of aliphatic carboxylic acids is 1. The fourth-order valence-corrected chi connectivity index (χ4v) is 2.08. The first kappa shape index (κ1) is 17.0. The van der Waals surface area contributed by atoms with Crippen LogP contribution in [0.5, 0.6) is 0 Å². The van der Waals surface area contributed by atoms with Crippen molar-refractivity contribution in [3.05, 3.63) is 11.9 Å². The van der Waals surface area contributed by atoms with Gasteiger partial charge < -0.3 is 15.3 Å². The lowest BCUT2D eigenvalue weighted by atomic mass is 10.2. The smallest absolute Gasteiger partial charge is 0.322 e. The molecule has 0 fully saturated rings. The van der Waals surface area contributed by atoms with Gasteiger partial charge in [-0.3, -0.25) is 9.48 Å². The molecule has 21 heavy (non-hydrogen) atoms. The number of rotatable bonds is 7. The van der Waals surface area contributed by atoms with Gasteiger partial charge in [0.15, 0.2) is 0 Å². The van der Waals surface area contributed by atoms with E-state index in [9.17, 15) is 9.59 Å². The zero-order chi connectivity index (χ0) is 16.0. The summed E-state index contributed by atoms with van der Waals surface area (Å²) in [6.45, 7) is 6.21. The molecule has 0 aliphatic rings. The van der Waals surface area contributed by atoms with Gasteiger partial charge in [0, 0.05) is 32.3 Å². The largest absolute Gasteiger partial charge is 0.481 e. The molecule has 0 atom stereocenters. The minimum atomic E-state index is -0.848. The normalized spacial score (nSPS) is 10.7. The molecule has 7 heteroatoms. The average molecular weight is 296 g/mol. The molecule has 118 valence electrons. The molecular weight excluding hydrogens is 272 g/mol. The van der Waals surface area contributed by atoms with E-state index in [2.05, 4.69) is 10.4 Å². The lowest BCUT2D eigenvalue weighted by Gasteiger charge is -2.26. The van der Waals surface area contributed by atoms with Gasteiger partial charge in [-0.25, -0.2) is 4.79 Å². The number of carboxylic acid groups (broad SMARTS) is 1. The van der Waals surface area contributed by atoms with Crippen molar-refractivity contribution in [3.8, 4) is 0 Å². The molecule has 2 amide bonds. The Hall–Kier alpha value is -2.05. The van der Waals surface area contributed by atoms with E-state index < -0.39 is 5.97 Å². The van der Waals surface area contributed by atoms with Crippen LogP contribution in [0.1, 0.15) is 39.3 Å². The number of anilines is 1. The predicted octanol–water partition coefficient (Wildman–Crippen LogP) is 2.09. The van der Waals surface area contributed by atoms with Crippen molar-refractivity contribution in [2.45, 2.75) is 46.1 Å². The van der Waals surface area contributed by atoms with Crippen LogP contribution in [0.2, 0.25) is 0 Å². The number of carboxylic acids is 1. The van der Waals surface area contributed by atoms with E-state index in [1.165, 1.54) is 0 Å². The molecule has 0 saturated heterocycles. The quantitative estimate of drug-likeness (QED) is 0.806. The van der Waals surface area contributed by atoms with Crippen LogP contribution in [-0.2, 0) is 18.3 Å². The maximum Gasteiger partial charge on any atom is 0.322 e. The topological polar surface area (TPSA) is 87.5 Å². The summed E-state index contributed by atoms with van der Waals surface area (Å²) >= 11 is 0. The fourth-order valence-electron chi connectivity index (χ4n) is 2.08. The van der Waals surface area contributed by atoms with Crippen LogP contribution < -0.4 is 5.32 Å². The van der Waals surface area contributed by atoms with Gasteiger partial charge in [0.05, 0.1) is 11.4 Å². The molecule has 1 aromatic heterocycles. The number of carbonyl (C=O) groups excluding carboxylic acids is 1. The Labute approximate surface area is 124 Å². The van der Waals surface area contributed by atoms with E-state index in [1.54, 1.807) is 15.8 Å². The number of hydrogen-bond donors (Lipinski definition) is 2. The van der Waals surface area contributed by atoms with Crippen LogP contribution >= 0.6 is 0 Å². The first-order chi connectivity index (χ1) is 9.85.